The first kappa shape index (κ1) is 18.2. The molecule has 0 aliphatic carbocycles. The van der Waals surface area contributed by atoms with Gasteiger partial charge in [0.05, 0.1) is 20.8 Å². The van der Waals surface area contributed by atoms with Gasteiger partial charge in [0.25, 0.3) is 5.91 Å². The Morgan fingerprint density at radius 3 is 2.52 bits per heavy atom. The standard InChI is InChI=1S/C18H18FN5O3/c1-26-14-7-13(8-15(9-14)27-2)21-18(25)16-17(20)24(23-22-16)10-11-4-3-5-12(19)6-11/h3-9H,10,20H2,1-2H3,(H,21,25). The lowest BCUT2D eigenvalue weighted by Gasteiger charge is -2.09. The molecule has 3 aromatic rings. The van der Waals surface area contributed by atoms with Crippen molar-refractivity contribution in [3.8, 4) is 11.5 Å². The van der Waals surface area contributed by atoms with Gasteiger partial charge in [-0.25, -0.2) is 9.07 Å². The zero-order valence-corrected chi connectivity index (χ0v) is 14.8. The number of hydrogen-bond acceptors (Lipinski definition) is 6. The average Bonchev–Trinajstić information content (AvgIpc) is 3.02. The Bertz CT molecular complexity index is 951. The van der Waals surface area contributed by atoms with Crippen LogP contribution in [0.1, 0.15) is 16.1 Å². The number of nitrogens with two attached hydrogens (primary N) is 1. The number of nitrogen functional groups attached to an aromatic ring is 1. The van der Waals surface area contributed by atoms with Crippen molar-refractivity contribution in [2.45, 2.75) is 6.54 Å². The Balaban J connectivity index is 1.79. The van der Waals surface area contributed by atoms with Crippen molar-refractivity contribution >= 4 is 17.4 Å². The molecule has 0 aliphatic rings. The molecule has 0 radical (unpaired) electrons. The summed E-state index contributed by atoms with van der Waals surface area (Å²) in [6.07, 6.45) is 0. The molecule has 0 unspecified atom stereocenters. The Labute approximate surface area is 154 Å². The molecule has 27 heavy (non-hydrogen) atoms. The zero-order chi connectivity index (χ0) is 19.4. The quantitative estimate of drug-likeness (QED) is 0.689. The monoisotopic (exact) mass is 371 g/mol. The summed E-state index contributed by atoms with van der Waals surface area (Å²) in [6, 6.07) is 11.0. The van der Waals surface area contributed by atoms with Crippen LogP contribution in [-0.4, -0.2) is 35.1 Å². The number of anilines is 2. The molecule has 1 aromatic heterocycles. The van der Waals surface area contributed by atoms with Gasteiger partial charge in [0.15, 0.2) is 11.5 Å². The molecule has 0 atom stereocenters. The highest BCUT2D eigenvalue weighted by Gasteiger charge is 2.18. The van der Waals surface area contributed by atoms with Gasteiger partial charge in [-0.2, -0.15) is 0 Å². The summed E-state index contributed by atoms with van der Waals surface area (Å²) in [5.74, 6) is 0.218. The second-order valence-electron chi connectivity index (χ2n) is 5.67. The molecule has 1 amide bonds. The highest BCUT2D eigenvalue weighted by Crippen LogP contribution is 2.26. The lowest BCUT2D eigenvalue weighted by Crippen LogP contribution is -2.15. The van der Waals surface area contributed by atoms with E-state index in [4.69, 9.17) is 15.2 Å². The molecule has 0 aliphatic heterocycles. The molecule has 2 aromatic carbocycles. The van der Waals surface area contributed by atoms with Crippen LogP contribution in [-0.2, 0) is 6.54 Å². The number of carbonyl (C=O) groups excluding carboxylic acids is 1. The first-order valence-corrected chi connectivity index (χ1v) is 7.98. The highest BCUT2D eigenvalue weighted by molar-refractivity contribution is 6.05. The lowest BCUT2D eigenvalue weighted by atomic mass is 10.2. The minimum absolute atomic E-state index is 0.0341. The number of halogens is 1. The summed E-state index contributed by atoms with van der Waals surface area (Å²) in [4.78, 5) is 12.5. The molecule has 0 saturated heterocycles. The van der Waals surface area contributed by atoms with Crippen LogP contribution in [0.2, 0.25) is 0 Å². The number of ether oxygens (including phenoxy) is 2. The van der Waals surface area contributed by atoms with Crippen molar-refractivity contribution in [2.75, 3.05) is 25.3 Å². The molecular weight excluding hydrogens is 353 g/mol. The molecule has 3 rings (SSSR count). The number of nitrogens with one attached hydrogen (secondary N) is 1. The van der Waals surface area contributed by atoms with Gasteiger partial charge >= 0.3 is 0 Å². The Morgan fingerprint density at radius 1 is 1.19 bits per heavy atom. The third kappa shape index (κ3) is 4.14. The van der Waals surface area contributed by atoms with E-state index in [2.05, 4.69) is 15.6 Å². The number of rotatable bonds is 6. The third-order valence-electron chi connectivity index (χ3n) is 3.82. The maximum atomic E-state index is 13.3. The fraction of sp³-hybridized carbons (Fsp3) is 0.167. The summed E-state index contributed by atoms with van der Waals surface area (Å²) >= 11 is 0. The largest absolute Gasteiger partial charge is 0.497 e. The number of methoxy groups -OCH3 is 2. The molecule has 1 heterocycles. The minimum Gasteiger partial charge on any atom is -0.497 e. The van der Waals surface area contributed by atoms with Gasteiger partial charge in [-0.15, -0.1) is 5.10 Å². The van der Waals surface area contributed by atoms with Crippen LogP contribution >= 0.6 is 0 Å². The Kier molecular flexibility index (Phi) is 5.20. The molecule has 0 fully saturated rings. The summed E-state index contributed by atoms with van der Waals surface area (Å²) < 4.78 is 25.0. The topological polar surface area (TPSA) is 104 Å². The Morgan fingerprint density at radius 2 is 1.89 bits per heavy atom. The Hall–Kier alpha value is -3.62. The van der Waals surface area contributed by atoms with Crippen LogP contribution in [0.3, 0.4) is 0 Å². The number of aromatic nitrogens is 3. The highest BCUT2D eigenvalue weighted by atomic mass is 19.1. The van der Waals surface area contributed by atoms with E-state index >= 15 is 0 Å². The summed E-state index contributed by atoms with van der Waals surface area (Å²) in [6.45, 7) is 0.191. The maximum Gasteiger partial charge on any atom is 0.280 e. The van der Waals surface area contributed by atoms with E-state index < -0.39 is 5.91 Å². The number of carbonyl (C=O) groups is 1. The van der Waals surface area contributed by atoms with Gasteiger partial charge in [0, 0.05) is 23.9 Å². The van der Waals surface area contributed by atoms with E-state index in [1.807, 2.05) is 0 Å². The number of benzene rings is 2. The van der Waals surface area contributed by atoms with E-state index in [0.29, 0.717) is 22.7 Å². The van der Waals surface area contributed by atoms with Gasteiger partial charge in [0.1, 0.15) is 17.3 Å². The average molecular weight is 371 g/mol. The first-order chi connectivity index (χ1) is 13.0. The van der Waals surface area contributed by atoms with Crippen LogP contribution in [0, 0.1) is 5.82 Å². The van der Waals surface area contributed by atoms with Crippen LogP contribution in [0.15, 0.2) is 42.5 Å². The van der Waals surface area contributed by atoms with Crippen molar-refractivity contribution in [3.63, 3.8) is 0 Å². The molecule has 140 valence electrons. The molecule has 9 heteroatoms. The van der Waals surface area contributed by atoms with Gasteiger partial charge in [0.2, 0.25) is 0 Å². The fourth-order valence-electron chi connectivity index (χ4n) is 2.48. The van der Waals surface area contributed by atoms with Crippen molar-refractivity contribution in [1.82, 2.24) is 15.0 Å². The minimum atomic E-state index is -0.534. The summed E-state index contributed by atoms with van der Waals surface area (Å²) in [5.41, 5.74) is 7.06. The molecular formula is C18H18FN5O3. The third-order valence-corrected chi connectivity index (χ3v) is 3.82. The molecule has 0 saturated carbocycles. The maximum absolute atomic E-state index is 13.3. The van der Waals surface area contributed by atoms with Gasteiger partial charge in [-0.3, -0.25) is 4.79 Å². The number of hydrogen-bond donors (Lipinski definition) is 2. The van der Waals surface area contributed by atoms with Crippen molar-refractivity contribution in [3.05, 3.63) is 59.5 Å². The van der Waals surface area contributed by atoms with Gasteiger partial charge < -0.3 is 20.5 Å². The normalized spacial score (nSPS) is 10.5. The number of nitrogens with zero attached hydrogens (tertiary/aromatic N) is 3. The van der Waals surface area contributed by atoms with E-state index in [1.165, 1.54) is 31.0 Å². The summed E-state index contributed by atoms with van der Waals surface area (Å²) in [7, 11) is 3.02. The molecule has 3 N–H and O–H groups in total. The second-order valence-corrected chi connectivity index (χ2v) is 5.67. The zero-order valence-electron chi connectivity index (χ0n) is 14.8. The van der Waals surface area contributed by atoms with Crippen LogP contribution in [0.4, 0.5) is 15.9 Å². The predicted molar refractivity (Wildman–Crippen MR) is 97.4 cm³/mol. The molecule has 0 bridgehead atoms. The molecule has 0 spiro atoms. The van der Waals surface area contributed by atoms with Crippen LogP contribution in [0.5, 0.6) is 11.5 Å². The van der Waals surface area contributed by atoms with Crippen LogP contribution < -0.4 is 20.5 Å². The predicted octanol–water partition coefficient (Wildman–Crippen LogP) is 2.32. The smallest absolute Gasteiger partial charge is 0.280 e. The van der Waals surface area contributed by atoms with E-state index in [1.54, 1.807) is 30.3 Å². The lowest BCUT2D eigenvalue weighted by molar-refractivity contribution is 0.102. The van der Waals surface area contributed by atoms with Gasteiger partial charge in [-0.1, -0.05) is 17.3 Å². The van der Waals surface area contributed by atoms with Crippen molar-refractivity contribution in [2.24, 2.45) is 0 Å². The van der Waals surface area contributed by atoms with Crippen molar-refractivity contribution in [1.29, 1.82) is 0 Å². The van der Waals surface area contributed by atoms with Gasteiger partial charge in [-0.05, 0) is 17.7 Å². The van der Waals surface area contributed by atoms with E-state index in [-0.39, 0.29) is 23.9 Å². The second kappa shape index (κ2) is 7.73. The van der Waals surface area contributed by atoms with E-state index in [0.717, 1.165) is 0 Å². The fourth-order valence-corrected chi connectivity index (χ4v) is 2.48. The van der Waals surface area contributed by atoms with E-state index in [9.17, 15) is 9.18 Å². The SMILES string of the molecule is COc1cc(NC(=O)c2nnn(Cc3cccc(F)c3)c2N)cc(OC)c1. The number of amides is 1. The molecule has 8 nitrogen and oxygen atoms in total. The van der Waals surface area contributed by atoms with Crippen molar-refractivity contribution < 1.29 is 18.7 Å². The first-order valence-electron chi connectivity index (χ1n) is 7.98. The summed E-state index contributed by atoms with van der Waals surface area (Å²) in [5, 5.41) is 10.4. The van der Waals surface area contributed by atoms with Crippen LogP contribution in [0.25, 0.3) is 0 Å².